The van der Waals surface area contributed by atoms with Crippen LogP contribution in [0.1, 0.15) is 26.2 Å². The predicted octanol–water partition coefficient (Wildman–Crippen LogP) is 2.38. The maximum absolute atomic E-state index is 13.6. The fourth-order valence-corrected chi connectivity index (χ4v) is 1.89. The maximum atomic E-state index is 13.6. The summed E-state index contributed by atoms with van der Waals surface area (Å²) < 4.78 is 19.0. The Morgan fingerprint density at radius 2 is 2.21 bits per heavy atom. The molecule has 0 amide bonds. The van der Waals surface area contributed by atoms with E-state index in [4.69, 9.17) is 10.5 Å². The zero-order chi connectivity index (χ0) is 13.9. The lowest BCUT2D eigenvalue weighted by molar-refractivity contribution is 0.220. The number of rotatable bonds is 7. The van der Waals surface area contributed by atoms with Gasteiger partial charge in [0.15, 0.2) is 11.6 Å². The van der Waals surface area contributed by atoms with E-state index in [1.54, 1.807) is 6.07 Å². The van der Waals surface area contributed by atoms with E-state index in [1.165, 1.54) is 6.07 Å². The molecule has 4 nitrogen and oxygen atoms in total. The summed E-state index contributed by atoms with van der Waals surface area (Å²) in [5.74, 6) is -0.229. The van der Waals surface area contributed by atoms with Gasteiger partial charge in [0.25, 0.3) is 0 Å². The van der Waals surface area contributed by atoms with Crippen LogP contribution in [0.5, 0.6) is 5.75 Å². The second kappa shape index (κ2) is 5.65. The summed E-state index contributed by atoms with van der Waals surface area (Å²) in [5.41, 5.74) is 6.78. The van der Waals surface area contributed by atoms with E-state index in [0.29, 0.717) is 24.5 Å². The van der Waals surface area contributed by atoms with Crippen LogP contribution in [0.2, 0.25) is 0 Å². The molecule has 1 aromatic rings. The van der Waals surface area contributed by atoms with Crippen LogP contribution in [0.3, 0.4) is 0 Å². The SMILES string of the molecule is CCCOc1cc(NCC2(CO)CC2)c(N)cc1F. The van der Waals surface area contributed by atoms with Crippen molar-refractivity contribution in [2.75, 3.05) is 30.8 Å². The number of halogens is 1. The van der Waals surface area contributed by atoms with E-state index in [0.717, 1.165) is 19.3 Å². The Kier molecular flexibility index (Phi) is 4.14. The molecule has 106 valence electrons. The highest BCUT2D eigenvalue weighted by molar-refractivity contribution is 5.68. The van der Waals surface area contributed by atoms with Crippen LogP contribution >= 0.6 is 0 Å². The molecule has 2 rings (SSSR count). The Hall–Kier alpha value is -1.49. The van der Waals surface area contributed by atoms with Crippen molar-refractivity contribution in [3.63, 3.8) is 0 Å². The summed E-state index contributed by atoms with van der Waals surface area (Å²) in [6, 6.07) is 2.86. The highest BCUT2D eigenvalue weighted by Gasteiger charge is 2.41. The van der Waals surface area contributed by atoms with Crippen LogP contribution in [0.15, 0.2) is 12.1 Å². The fraction of sp³-hybridized carbons (Fsp3) is 0.571. The minimum Gasteiger partial charge on any atom is -0.490 e. The minimum absolute atomic E-state index is 0.0226. The fourth-order valence-electron chi connectivity index (χ4n) is 1.89. The first-order valence-electron chi connectivity index (χ1n) is 6.67. The van der Waals surface area contributed by atoms with Gasteiger partial charge in [-0.05, 0) is 19.3 Å². The summed E-state index contributed by atoms with van der Waals surface area (Å²) in [6.07, 6.45) is 2.84. The standard InChI is InChI=1S/C14H21FN2O2/c1-2-5-19-13-7-12(11(16)6-10(13)15)17-8-14(9-18)3-4-14/h6-7,17-18H,2-5,8-9,16H2,1H3. The number of aliphatic hydroxyl groups excluding tert-OH is 1. The van der Waals surface area contributed by atoms with Gasteiger partial charge in [-0.2, -0.15) is 0 Å². The first-order chi connectivity index (χ1) is 9.10. The van der Waals surface area contributed by atoms with Crippen LogP contribution in [-0.4, -0.2) is 24.9 Å². The van der Waals surface area contributed by atoms with Crippen molar-refractivity contribution in [3.05, 3.63) is 17.9 Å². The summed E-state index contributed by atoms with van der Waals surface area (Å²) in [6.45, 7) is 3.25. The van der Waals surface area contributed by atoms with E-state index in [9.17, 15) is 9.50 Å². The predicted molar refractivity (Wildman–Crippen MR) is 73.8 cm³/mol. The van der Waals surface area contributed by atoms with Gasteiger partial charge in [0.05, 0.1) is 24.6 Å². The first kappa shape index (κ1) is 13.9. The molecule has 0 spiro atoms. The molecule has 1 aliphatic rings. The Balaban J connectivity index is 2.06. The Morgan fingerprint density at radius 3 is 2.79 bits per heavy atom. The molecule has 4 N–H and O–H groups in total. The molecule has 0 aromatic heterocycles. The molecule has 1 aromatic carbocycles. The van der Waals surface area contributed by atoms with Crippen molar-refractivity contribution in [2.24, 2.45) is 5.41 Å². The van der Waals surface area contributed by atoms with E-state index in [1.807, 2.05) is 6.92 Å². The van der Waals surface area contributed by atoms with Gasteiger partial charge in [0, 0.05) is 24.1 Å². The van der Waals surface area contributed by atoms with Crippen molar-refractivity contribution >= 4 is 11.4 Å². The second-order valence-electron chi connectivity index (χ2n) is 5.23. The van der Waals surface area contributed by atoms with E-state index in [2.05, 4.69) is 5.32 Å². The molecule has 5 heteroatoms. The van der Waals surface area contributed by atoms with Crippen LogP contribution in [-0.2, 0) is 0 Å². The van der Waals surface area contributed by atoms with E-state index >= 15 is 0 Å². The lowest BCUT2D eigenvalue weighted by Gasteiger charge is -2.16. The van der Waals surface area contributed by atoms with Crippen molar-refractivity contribution < 1.29 is 14.2 Å². The highest BCUT2D eigenvalue weighted by Crippen LogP contribution is 2.45. The average Bonchev–Trinajstić information content (AvgIpc) is 3.17. The van der Waals surface area contributed by atoms with Gasteiger partial charge in [0.2, 0.25) is 0 Å². The average molecular weight is 268 g/mol. The molecule has 1 saturated carbocycles. The van der Waals surface area contributed by atoms with E-state index < -0.39 is 5.82 Å². The Labute approximate surface area is 112 Å². The molecule has 0 heterocycles. The molecule has 0 aliphatic heterocycles. The number of nitrogens with two attached hydrogens (primary N) is 1. The number of ether oxygens (including phenoxy) is 1. The van der Waals surface area contributed by atoms with Gasteiger partial charge >= 0.3 is 0 Å². The first-order valence-corrected chi connectivity index (χ1v) is 6.67. The number of hydrogen-bond donors (Lipinski definition) is 3. The molecule has 0 unspecified atom stereocenters. The van der Waals surface area contributed by atoms with Gasteiger partial charge in [-0.15, -0.1) is 0 Å². The second-order valence-corrected chi connectivity index (χ2v) is 5.23. The molecular weight excluding hydrogens is 247 g/mol. The number of nitrogen functional groups attached to an aromatic ring is 1. The quantitative estimate of drug-likeness (QED) is 0.664. The number of anilines is 2. The molecule has 0 radical (unpaired) electrons. The highest BCUT2D eigenvalue weighted by atomic mass is 19.1. The van der Waals surface area contributed by atoms with Crippen molar-refractivity contribution in [1.82, 2.24) is 0 Å². The normalized spacial score (nSPS) is 16.2. The molecular formula is C14H21FN2O2. The molecule has 0 atom stereocenters. The third-order valence-electron chi connectivity index (χ3n) is 3.51. The van der Waals surface area contributed by atoms with Crippen molar-refractivity contribution in [2.45, 2.75) is 26.2 Å². The Bertz CT molecular complexity index is 447. The third-order valence-corrected chi connectivity index (χ3v) is 3.51. The summed E-state index contributed by atoms with van der Waals surface area (Å²) in [5, 5.41) is 12.4. The number of hydrogen-bond acceptors (Lipinski definition) is 4. The lowest BCUT2D eigenvalue weighted by atomic mass is 10.1. The number of aliphatic hydroxyl groups is 1. The molecule has 1 aliphatic carbocycles. The lowest BCUT2D eigenvalue weighted by Crippen LogP contribution is -2.19. The molecule has 1 fully saturated rings. The van der Waals surface area contributed by atoms with Gasteiger partial charge in [0.1, 0.15) is 0 Å². The Morgan fingerprint density at radius 1 is 1.47 bits per heavy atom. The maximum Gasteiger partial charge on any atom is 0.167 e. The topological polar surface area (TPSA) is 67.5 Å². The molecule has 19 heavy (non-hydrogen) atoms. The number of nitrogens with one attached hydrogen (secondary N) is 1. The number of benzene rings is 1. The van der Waals surface area contributed by atoms with Crippen LogP contribution in [0.25, 0.3) is 0 Å². The van der Waals surface area contributed by atoms with Gasteiger partial charge in [-0.3, -0.25) is 0 Å². The van der Waals surface area contributed by atoms with Crippen LogP contribution in [0.4, 0.5) is 15.8 Å². The van der Waals surface area contributed by atoms with Gasteiger partial charge < -0.3 is 20.9 Å². The minimum atomic E-state index is -0.445. The third kappa shape index (κ3) is 3.29. The zero-order valence-electron chi connectivity index (χ0n) is 11.2. The van der Waals surface area contributed by atoms with Crippen molar-refractivity contribution in [3.8, 4) is 5.75 Å². The van der Waals surface area contributed by atoms with Gasteiger partial charge in [-0.1, -0.05) is 6.92 Å². The van der Waals surface area contributed by atoms with Crippen LogP contribution in [0, 0.1) is 11.2 Å². The van der Waals surface area contributed by atoms with Crippen molar-refractivity contribution in [1.29, 1.82) is 0 Å². The molecule has 0 bridgehead atoms. The smallest absolute Gasteiger partial charge is 0.167 e. The summed E-state index contributed by atoms with van der Waals surface area (Å²) in [4.78, 5) is 0. The largest absolute Gasteiger partial charge is 0.490 e. The molecule has 0 saturated heterocycles. The van der Waals surface area contributed by atoms with Crippen LogP contribution < -0.4 is 15.8 Å². The summed E-state index contributed by atoms with van der Waals surface area (Å²) in [7, 11) is 0. The van der Waals surface area contributed by atoms with E-state index in [-0.39, 0.29) is 17.8 Å². The zero-order valence-corrected chi connectivity index (χ0v) is 11.2. The van der Waals surface area contributed by atoms with Gasteiger partial charge in [-0.25, -0.2) is 4.39 Å². The summed E-state index contributed by atoms with van der Waals surface area (Å²) >= 11 is 0. The monoisotopic (exact) mass is 268 g/mol.